The average Bonchev–Trinajstić information content (AvgIpc) is 2.78. The normalized spacial score (nSPS) is 10.5. The van der Waals surface area contributed by atoms with Crippen molar-refractivity contribution in [3.8, 4) is 11.5 Å². The van der Waals surface area contributed by atoms with Crippen LogP contribution in [0, 0.1) is 0 Å². The molecule has 0 fully saturated rings. The summed E-state index contributed by atoms with van der Waals surface area (Å²) in [5.41, 5.74) is 5.29. The fourth-order valence-electron chi connectivity index (χ4n) is 2.92. The Balaban J connectivity index is 1.56. The van der Waals surface area contributed by atoms with Crippen LogP contribution in [0.4, 0.5) is 0 Å². The molecule has 0 bridgehead atoms. The lowest BCUT2D eigenvalue weighted by molar-refractivity contribution is -0.122. The Bertz CT molecular complexity index is 1160. The summed E-state index contributed by atoms with van der Waals surface area (Å²) in [6.45, 7) is 0.286. The van der Waals surface area contributed by atoms with Gasteiger partial charge in [0.05, 0.1) is 31.4 Å². The molecular weight excluding hydrogens is 424 g/mol. The van der Waals surface area contributed by atoms with Gasteiger partial charge in [-0.2, -0.15) is 0 Å². The zero-order valence-corrected chi connectivity index (χ0v) is 17.7. The third-order valence-corrected chi connectivity index (χ3v) is 4.81. The summed E-state index contributed by atoms with van der Waals surface area (Å²) in [5, 5.41) is 0.899. The predicted octanol–water partition coefficient (Wildman–Crippen LogP) is 2.31. The zero-order valence-electron chi connectivity index (χ0n) is 17.0. The van der Waals surface area contributed by atoms with Gasteiger partial charge in [-0.05, 0) is 36.8 Å². The number of ether oxygens (including phenoxy) is 2. The number of hydrogen-bond acceptors (Lipinski definition) is 6. The van der Waals surface area contributed by atoms with Crippen molar-refractivity contribution in [3.05, 3.63) is 63.7 Å². The van der Waals surface area contributed by atoms with Gasteiger partial charge < -0.3 is 9.47 Å². The summed E-state index contributed by atoms with van der Waals surface area (Å²) < 4.78 is 11.9. The first-order chi connectivity index (χ1) is 14.9. The predicted molar refractivity (Wildman–Crippen MR) is 115 cm³/mol. The van der Waals surface area contributed by atoms with Crippen molar-refractivity contribution in [1.29, 1.82) is 0 Å². The second kappa shape index (κ2) is 9.94. The summed E-state index contributed by atoms with van der Waals surface area (Å²) in [6.07, 6.45) is 1.91. The lowest BCUT2D eigenvalue weighted by Crippen LogP contribution is -2.41. The van der Waals surface area contributed by atoms with Crippen LogP contribution in [0.3, 0.4) is 0 Å². The summed E-state index contributed by atoms with van der Waals surface area (Å²) in [4.78, 5) is 41.0. The third-order valence-electron chi connectivity index (χ3n) is 4.55. The monoisotopic (exact) mass is 444 g/mol. The van der Waals surface area contributed by atoms with Gasteiger partial charge in [-0.15, -0.1) is 0 Å². The Morgan fingerprint density at radius 2 is 1.74 bits per heavy atom. The number of nitrogens with one attached hydrogen (secondary N) is 2. The molecule has 0 unspecified atom stereocenters. The standard InChI is InChI=1S/C21H21ClN4O5/c1-30-17-10-15-16(11-18(17)31-2)23-12-26(21(15)29)9-3-4-19(27)24-25-20(28)13-5-7-14(22)8-6-13/h5-8,10-12H,3-4,9H2,1-2H3,(H,24,27)(H,25,28). The molecule has 3 aromatic rings. The highest BCUT2D eigenvalue weighted by molar-refractivity contribution is 6.30. The van der Waals surface area contributed by atoms with E-state index in [1.54, 1.807) is 36.4 Å². The first-order valence-electron chi connectivity index (χ1n) is 9.39. The Morgan fingerprint density at radius 1 is 1.06 bits per heavy atom. The van der Waals surface area contributed by atoms with Gasteiger partial charge in [0.1, 0.15) is 0 Å². The lowest BCUT2D eigenvalue weighted by atomic mass is 10.2. The van der Waals surface area contributed by atoms with Gasteiger partial charge >= 0.3 is 0 Å². The molecule has 1 aromatic heterocycles. The van der Waals surface area contributed by atoms with Crippen LogP contribution in [0.15, 0.2) is 47.5 Å². The van der Waals surface area contributed by atoms with Crippen molar-refractivity contribution in [1.82, 2.24) is 20.4 Å². The molecule has 0 aliphatic carbocycles. The van der Waals surface area contributed by atoms with E-state index in [-0.39, 0.29) is 24.4 Å². The number of aromatic nitrogens is 2. The minimum Gasteiger partial charge on any atom is -0.493 e. The van der Waals surface area contributed by atoms with E-state index in [4.69, 9.17) is 21.1 Å². The zero-order chi connectivity index (χ0) is 22.4. The van der Waals surface area contributed by atoms with Crippen LogP contribution >= 0.6 is 11.6 Å². The molecule has 0 saturated heterocycles. The second-order valence-electron chi connectivity index (χ2n) is 6.58. The van der Waals surface area contributed by atoms with Gasteiger partial charge in [0.2, 0.25) is 5.91 Å². The number of amides is 2. The molecule has 1 heterocycles. The number of rotatable bonds is 7. The fraction of sp³-hybridized carbons (Fsp3) is 0.238. The van der Waals surface area contributed by atoms with E-state index in [2.05, 4.69) is 15.8 Å². The summed E-state index contributed by atoms with van der Waals surface area (Å²) in [6, 6.07) is 9.48. The molecule has 10 heteroatoms. The van der Waals surface area contributed by atoms with Crippen molar-refractivity contribution in [3.63, 3.8) is 0 Å². The Hall–Kier alpha value is -3.59. The van der Waals surface area contributed by atoms with Crippen molar-refractivity contribution in [2.24, 2.45) is 0 Å². The summed E-state index contributed by atoms with van der Waals surface area (Å²) in [5.74, 6) is 0.0827. The molecule has 0 aliphatic heterocycles. The molecule has 0 radical (unpaired) electrons. The first-order valence-corrected chi connectivity index (χ1v) is 9.76. The largest absolute Gasteiger partial charge is 0.493 e. The quantitative estimate of drug-likeness (QED) is 0.541. The maximum atomic E-state index is 12.7. The summed E-state index contributed by atoms with van der Waals surface area (Å²) in [7, 11) is 3.00. The molecule has 0 saturated carbocycles. The van der Waals surface area contributed by atoms with E-state index in [0.29, 0.717) is 39.4 Å². The van der Waals surface area contributed by atoms with Crippen molar-refractivity contribution >= 4 is 34.3 Å². The maximum absolute atomic E-state index is 12.7. The van der Waals surface area contributed by atoms with E-state index in [0.717, 1.165) is 0 Å². The number of methoxy groups -OCH3 is 2. The molecule has 0 spiro atoms. The first kappa shape index (κ1) is 22.1. The smallest absolute Gasteiger partial charge is 0.269 e. The van der Waals surface area contributed by atoms with E-state index in [9.17, 15) is 14.4 Å². The van der Waals surface area contributed by atoms with E-state index in [1.165, 1.54) is 25.1 Å². The van der Waals surface area contributed by atoms with Crippen molar-refractivity contribution in [2.75, 3.05) is 14.2 Å². The van der Waals surface area contributed by atoms with E-state index in [1.807, 2.05) is 0 Å². The number of carbonyl (C=O) groups is 2. The molecule has 3 rings (SSSR count). The van der Waals surface area contributed by atoms with Gasteiger partial charge in [0.25, 0.3) is 11.5 Å². The highest BCUT2D eigenvalue weighted by atomic mass is 35.5. The molecule has 9 nitrogen and oxygen atoms in total. The van der Waals surface area contributed by atoms with Crippen LogP contribution in [-0.2, 0) is 11.3 Å². The van der Waals surface area contributed by atoms with Crippen molar-refractivity contribution < 1.29 is 19.1 Å². The summed E-state index contributed by atoms with van der Waals surface area (Å²) >= 11 is 5.78. The van der Waals surface area contributed by atoms with Gasteiger partial charge in [0.15, 0.2) is 11.5 Å². The lowest BCUT2D eigenvalue weighted by Gasteiger charge is -2.11. The highest BCUT2D eigenvalue weighted by Gasteiger charge is 2.12. The van der Waals surface area contributed by atoms with Crippen molar-refractivity contribution in [2.45, 2.75) is 19.4 Å². The number of halogens is 1. The van der Waals surface area contributed by atoms with Gasteiger partial charge in [-0.25, -0.2) is 4.98 Å². The van der Waals surface area contributed by atoms with Crippen LogP contribution in [-0.4, -0.2) is 35.6 Å². The van der Waals surface area contributed by atoms with Gasteiger partial charge in [-0.3, -0.25) is 29.8 Å². The minimum atomic E-state index is -0.454. The Kier molecular flexibility index (Phi) is 7.09. The van der Waals surface area contributed by atoms with Crippen LogP contribution in [0.25, 0.3) is 10.9 Å². The molecule has 0 aliphatic rings. The van der Waals surface area contributed by atoms with Gasteiger partial charge in [0, 0.05) is 29.6 Å². The van der Waals surface area contributed by atoms with E-state index < -0.39 is 5.91 Å². The number of nitrogens with zero attached hydrogens (tertiary/aromatic N) is 2. The topological polar surface area (TPSA) is 112 Å². The number of carbonyl (C=O) groups excluding carboxylic acids is 2. The number of benzene rings is 2. The minimum absolute atomic E-state index is 0.108. The van der Waals surface area contributed by atoms with Gasteiger partial charge in [-0.1, -0.05) is 11.6 Å². The fourth-order valence-corrected chi connectivity index (χ4v) is 3.04. The Morgan fingerprint density at radius 3 is 2.42 bits per heavy atom. The maximum Gasteiger partial charge on any atom is 0.269 e. The van der Waals surface area contributed by atoms with E-state index >= 15 is 0 Å². The number of aryl methyl sites for hydroxylation is 1. The molecule has 0 atom stereocenters. The Labute approximate surface area is 182 Å². The van der Waals surface area contributed by atoms with Crippen LogP contribution < -0.4 is 25.9 Å². The van der Waals surface area contributed by atoms with Crippen LogP contribution in [0.5, 0.6) is 11.5 Å². The molecule has 2 aromatic carbocycles. The average molecular weight is 445 g/mol. The molecule has 2 amide bonds. The molecule has 162 valence electrons. The third kappa shape index (κ3) is 5.32. The number of fused-ring (bicyclic) bond motifs is 1. The van der Waals surface area contributed by atoms with Crippen LogP contribution in [0.1, 0.15) is 23.2 Å². The van der Waals surface area contributed by atoms with Crippen LogP contribution in [0.2, 0.25) is 5.02 Å². The SMILES string of the molecule is COc1cc2ncn(CCCC(=O)NNC(=O)c3ccc(Cl)cc3)c(=O)c2cc1OC. The number of hydrazine groups is 1. The second-order valence-corrected chi connectivity index (χ2v) is 7.02. The molecule has 2 N–H and O–H groups in total. The molecule has 31 heavy (non-hydrogen) atoms. The highest BCUT2D eigenvalue weighted by Crippen LogP contribution is 2.29. The molecular formula is C21H21ClN4O5. The number of hydrogen-bond donors (Lipinski definition) is 2.